The van der Waals surface area contributed by atoms with Crippen LogP contribution in [-0.2, 0) is 17.8 Å². The van der Waals surface area contributed by atoms with Gasteiger partial charge in [0.15, 0.2) is 0 Å². The second-order valence-electron chi connectivity index (χ2n) is 7.47. The molecule has 0 aromatic heterocycles. The van der Waals surface area contributed by atoms with Gasteiger partial charge in [-0.05, 0) is 73.9 Å². The number of amides is 1. The zero-order valence-electron chi connectivity index (χ0n) is 16.2. The Kier molecular flexibility index (Phi) is 6.74. The molecule has 1 fully saturated rings. The molecule has 144 valence electrons. The summed E-state index contributed by atoms with van der Waals surface area (Å²) in [5, 5.41) is 2.91. The zero-order chi connectivity index (χ0) is 19.1. The molecular weight excluding hydrogens is 338 g/mol. The van der Waals surface area contributed by atoms with Gasteiger partial charge in [-0.2, -0.15) is 0 Å². The summed E-state index contributed by atoms with van der Waals surface area (Å²) in [5.74, 6) is 2.59. The predicted octanol–water partition coefficient (Wildman–Crippen LogP) is 4.51. The smallest absolute Gasteiger partial charge is 0.217 e. The molecule has 0 unspecified atom stereocenters. The average molecular weight is 367 g/mol. The molecule has 2 aromatic rings. The molecule has 2 aromatic carbocycles. The molecule has 1 saturated carbocycles. The lowest BCUT2D eigenvalue weighted by Gasteiger charge is -2.12. The van der Waals surface area contributed by atoms with E-state index in [9.17, 15) is 4.79 Å². The average Bonchev–Trinajstić information content (AvgIpc) is 3.49. The third-order valence-corrected chi connectivity index (χ3v) is 4.75. The SMILES string of the molecule is CC(=O)N[C@@H](C)CCc1ccc(OCc2ccc(OCC3CC3)cc2)cc1. The van der Waals surface area contributed by atoms with Crippen LogP contribution in [0.2, 0.25) is 0 Å². The van der Waals surface area contributed by atoms with Crippen molar-refractivity contribution in [2.75, 3.05) is 6.61 Å². The molecule has 1 atom stereocenters. The summed E-state index contributed by atoms with van der Waals surface area (Å²) >= 11 is 0. The molecule has 0 heterocycles. The van der Waals surface area contributed by atoms with E-state index in [0.717, 1.165) is 42.4 Å². The van der Waals surface area contributed by atoms with E-state index < -0.39 is 0 Å². The normalized spacial score (nSPS) is 14.4. The molecule has 1 amide bonds. The van der Waals surface area contributed by atoms with Crippen LogP contribution >= 0.6 is 0 Å². The van der Waals surface area contributed by atoms with Crippen LogP contribution in [0, 0.1) is 5.92 Å². The number of carbonyl (C=O) groups excluding carboxylic acids is 1. The molecule has 1 aliphatic carbocycles. The molecule has 0 radical (unpaired) electrons. The number of hydrogen-bond acceptors (Lipinski definition) is 3. The van der Waals surface area contributed by atoms with Crippen molar-refractivity contribution >= 4 is 5.91 Å². The van der Waals surface area contributed by atoms with Crippen LogP contribution in [0.5, 0.6) is 11.5 Å². The summed E-state index contributed by atoms with van der Waals surface area (Å²) in [4.78, 5) is 11.0. The minimum absolute atomic E-state index is 0.0220. The molecule has 0 bridgehead atoms. The molecule has 4 nitrogen and oxygen atoms in total. The highest BCUT2D eigenvalue weighted by Gasteiger charge is 2.21. The van der Waals surface area contributed by atoms with Crippen LogP contribution in [-0.4, -0.2) is 18.6 Å². The zero-order valence-corrected chi connectivity index (χ0v) is 16.2. The van der Waals surface area contributed by atoms with Crippen molar-refractivity contribution in [1.29, 1.82) is 0 Å². The lowest BCUT2D eigenvalue weighted by atomic mass is 10.1. The first-order chi connectivity index (χ1) is 13.1. The van der Waals surface area contributed by atoms with Gasteiger partial charge in [-0.25, -0.2) is 0 Å². The quantitative estimate of drug-likeness (QED) is 0.672. The van der Waals surface area contributed by atoms with Crippen molar-refractivity contribution in [2.24, 2.45) is 5.92 Å². The number of nitrogens with one attached hydrogen (secondary N) is 1. The summed E-state index contributed by atoms with van der Waals surface area (Å²) in [5.41, 5.74) is 2.37. The lowest BCUT2D eigenvalue weighted by Crippen LogP contribution is -2.30. The number of carbonyl (C=O) groups is 1. The number of rotatable bonds is 10. The minimum Gasteiger partial charge on any atom is -0.493 e. The number of benzene rings is 2. The molecule has 0 aliphatic heterocycles. The van der Waals surface area contributed by atoms with Gasteiger partial charge in [0.2, 0.25) is 5.91 Å². The maximum absolute atomic E-state index is 11.0. The van der Waals surface area contributed by atoms with Crippen LogP contribution in [0.15, 0.2) is 48.5 Å². The van der Waals surface area contributed by atoms with Gasteiger partial charge in [-0.1, -0.05) is 24.3 Å². The number of hydrogen-bond donors (Lipinski definition) is 1. The van der Waals surface area contributed by atoms with Gasteiger partial charge in [-0.3, -0.25) is 4.79 Å². The lowest BCUT2D eigenvalue weighted by molar-refractivity contribution is -0.119. The summed E-state index contributed by atoms with van der Waals surface area (Å²) in [6.45, 7) is 4.96. The first-order valence-electron chi connectivity index (χ1n) is 9.79. The molecule has 1 N–H and O–H groups in total. The third kappa shape index (κ3) is 6.97. The summed E-state index contributed by atoms with van der Waals surface area (Å²) in [6, 6.07) is 16.5. The maximum Gasteiger partial charge on any atom is 0.217 e. The van der Waals surface area contributed by atoms with Crippen LogP contribution in [0.25, 0.3) is 0 Å². The second-order valence-corrected chi connectivity index (χ2v) is 7.47. The number of aryl methyl sites for hydroxylation is 1. The van der Waals surface area contributed by atoms with Gasteiger partial charge >= 0.3 is 0 Å². The molecule has 0 spiro atoms. The highest BCUT2D eigenvalue weighted by atomic mass is 16.5. The first-order valence-corrected chi connectivity index (χ1v) is 9.79. The third-order valence-electron chi connectivity index (χ3n) is 4.75. The second kappa shape index (κ2) is 9.45. The molecule has 3 rings (SSSR count). The molecule has 4 heteroatoms. The van der Waals surface area contributed by atoms with Crippen molar-refractivity contribution in [3.05, 3.63) is 59.7 Å². The van der Waals surface area contributed by atoms with E-state index in [1.807, 2.05) is 31.2 Å². The Morgan fingerprint density at radius 1 is 1.00 bits per heavy atom. The van der Waals surface area contributed by atoms with Gasteiger partial charge < -0.3 is 14.8 Å². The summed E-state index contributed by atoms with van der Waals surface area (Å²) in [6.07, 6.45) is 4.47. The maximum atomic E-state index is 11.0. The van der Waals surface area contributed by atoms with Crippen LogP contribution in [0.4, 0.5) is 0 Å². The van der Waals surface area contributed by atoms with Gasteiger partial charge in [0.1, 0.15) is 18.1 Å². The molecule has 1 aliphatic rings. The Morgan fingerprint density at radius 2 is 1.59 bits per heavy atom. The monoisotopic (exact) mass is 367 g/mol. The van der Waals surface area contributed by atoms with E-state index in [-0.39, 0.29) is 11.9 Å². The Morgan fingerprint density at radius 3 is 2.19 bits per heavy atom. The Balaban J connectivity index is 1.40. The van der Waals surface area contributed by atoms with E-state index in [0.29, 0.717) is 6.61 Å². The molecule has 0 saturated heterocycles. The highest BCUT2D eigenvalue weighted by molar-refractivity contribution is 5.73. The van der Waals surface area contributed by atoms with Crippen molar-refractivity contribution in [3.8, 4) is 11.5 Å². The van der Waals surface area contributed by atoms with Gasteiger partial charge in [0, 0.05) is 13.0 Å². The van der Waals surface area contributed by atoms with Gasteiger partial charge in [0.25, 0.3) is 0 Å². The van der Waals surface area contributed by atoms with E-state index >= 15 is 0 Å². The van der Waals surface area contributed by atoms with Crippen molar-refractivity contribution < 1.29 is 14.3 Å². The Hall–Kier alpha value is -2.49. The van der Waals surface area contributed by atoms with Crippen molar-refractivity contribution in [2.45, 2.75) is 52.2 Å². The summed E-state index contributed by atoms with van der Waals surface area (Å²) in [7, 11) is 0. The van der Waals surface area contributed by atoms with E-state index in [2.05, 4.69) is 29.6 Å². The molecular formula is C23H29NO3. The van der Waals surface area contributed by atoms with Crippen LogP contribution in [0.1, 0.15) is 44.2 Å². The summed E-state index contributed by atoms with van der Waals surface area (Å²) < 4.78 is 11.6. The van der Waals surface area contributed by atoms with Gasteiger partial charge in [0.05, 0.1) is 6.61 Å². The van der Waals surface area contributed by atoms with Gasteiger partial charge in [-0.15, -0.1) is 0 Å². The fraction of sp³-hybridized carbons (Fsp3) is 0.435. The minimum atomic E-state index is 0.0220. The fourth-order valence-corrected chi connectivity index (χ4v) is 2.90. The van der Waals surface area contributed by atoms with Crippen molar-refractivity contribution in [3.63, 3.8) is 0 Å². The fourth-order valence-electron chi connectivity index (χ4n) is 2.90. The molecule has 27 heavy (non-hydrogen) atoms. The predicted molar refractivity (Wildman–Crippen MR) is 107 cm³/mol. The Labute approximate surface area is 161 Å². The van der Waals surface area contributed by atoms with E-state index in [1.165, 1.54) is 18.4 Å². The highest BCUT2D eigenvalue weighted by Crippen LogP contribution is 2.29. The van der Waals surface area contributed by atoms with Crippen molar-refractivity contribution in [1.82, 2.24) is 5.32 Å². The van der Waals surface area contributed by atoms with Crippen LogP contribution < -0.4 is 14.8 Å². The van der Waals surface area contributed by atoms with Crippen LogP contribution in [0.3, 0.4) is 0 Å². The topological polar surface area (TPSA) is 47.6 Å². The standard InChI is InChI=1S/C23H29NO3/c1-17(24-18(2)25)3-4-19-7-11-22(12-8-19)27-16-21-9-13-23(14-10-21)26-15-20-5-6-20/h7-14,17,20H,3-6,15-16H2,1-2H3,(H,24,25)/t17-/m0/s1. The Bertz CT molecular complexity index is 720. The largest absolute Gasteiger partial charge is 0.493 e. The van der Waals surface area contributed by atoms with E-state index in [1.54, 1.807) is 6.92 Å². The van der Waals surface area contributed by atoms with E-state index in [4.69, 9.17) is 9.47 Å². The number of ether oxygens (including phenoxy) is 2. The first kappa shape index (κ1) is 19.3.